The van der Waals surface area contributed by atoms with E-state index in [2.05, 4.69) is 196 Å². The van der Waals surface area contributed by atoms with Gasteiger partial charge in [-0.25, -0.2) is 0 Å². The number of hydrogen-bond donors (Lipinski definition) is 0. The number of para-hydroxylation sites is 1. The van der Waals surface area contributed by atoms with Crippen LogP contribution in [0, 0.1) is 0 Å². The summed E-state index contributed by atoms with van der Waals surface area (Å²) in [5.74, 6) is 0. The van der Waals surface area contributed by atoms with E-state index in [1.165, 1.54) is 88.6 Å². The van der Waals surface area contributed by atoms with E-state index < -0.39 is 0 Å². The zero-order valence-electron chi connectivity index (χ0n) is 29.5. The quantitative estimate of drug-likeness (QED) is 0.183. The summed E-state index contributed by atoms with van der Waals surface area (Å²) < 4.78 is 0. The molecule has 244 valence electrons. The summed E-state index contributed by atoms with van der Waals surface area (Å²) >= 11 is 0. The molecule has 0 N–H and O–H groups in total. The van der Waals surface area contributed by atoms with Gasteiger partial charge in [-0.2, -0.15) is 0 Å². The molecule has 2 aliphatic carbocycles. The minimum Gasteiger partial charge on any atom is -0.310 e. The molecule has 2 aliphatic rings. The number of rotatable bonds is 4. The Morgan fingerprint density at radius 1 is 0.373 bits per heavy atom. The Labute approximate surface area is 300 Å². The van der Waals surface area contributed by atoms with Crippen LogP contribution in [0.3, 0.4) is 0 Å². The fourth-order valence-corrected chi connectivity index (χ4v) is 9.16. The van der Waals surface area contributed by atoms with Crippen LogP contribution in [-0.4, -0.2) is 0 Å². The average molecular weight is 654 g/mol. The molecule has 8 aromatic rings. The van der Waals surface area contributed by atoms with Crippen molar-refractivity contribution in [2.24, 2.45) is 0 Å². The summed E-state index contributed by atoms with van der Waals surface area (Å²) in [6, 6.07) is 61.1. The molecule has 51 heavy (non-hydrogen) atoms. The maximum atomic E-state index is 2.49. The molecule has 0 spiro atoms. The van der Waals surface area contributed by atoms with Crippen LogP contribution in [0.5, 0.6) is 0 Å². The van der Waals surface area contributed by atoms with Gasteiger partial charge in [0, 0.05) is 27.8 Å². The molecule has 0 heterocycles. The highest BCUT2D eigenvalue weighted by molar-refractivity contribution is 6.10. The molecule has 1 heteroatoms. The van der Waals surface area contributed by atoms with Crippen LogP contribution in [0.4, 0.5) is 17.1 Å². The fraction of sp³-hybridized carbons (Fsp3) is 0.120. The Morgan fingerprint density at radius 2 is 0.980 bits per heavy atom. The lowest BCUT2D eigenvalue weighted by Crippen LogP contribution is -2.25. The zero-order chi connectivity index (χ0) is 34.5. The van der Waals surface area contributed by atoms with Crippen molar-refractivity contribution >= 4 is 38.6 Å². The molecular formula is C50H39N. The number of anilines is 3. The van der Waals surface area contributed by atoms with Crippen molar-refractivity contribution < 1.29 is 0 Å². The molecule has 0 saturated heterocycles. The van der Waals surface area contributed by atoms with Crippen LogP contribution in [0.15, 0.2) is 164 Å². The highest BCUT2D eigenvalue weighted by Crippen LogP contribution is 2.55. The van der Waals surface area contributed by atoms with Gasteiger partial charge in [0.2, 0.25) is 0 Å². The molecule has 0 radical (unpaired) electrons. The van der Waals surface area contributed by atoms with Gasteiger partial charge in [0.25, 0.3) is 0 Å². The summed E-state index contributed by atoms with van der Waals surface area (Å²) in [5, 5.41) is 5.16. The number of nitrogens with zero attached hydrogens (tertiary/aromatic N) is 1. The Hall–Kier alpha value is -5.92. The van der Waals surface area contributed by atoms with Crippen LogP contribution < -0.4 is 4.90 Å². The van der Waals surface area contributed by atoms with Crippen LogP contribution in [0.1, 0.15) is 49.9 Å². The Balaban J connectivity index is 1.22. The summed E-state index contributed by atoms with van der Waals surface area (Å²) in [5.41, 5.74) is 16.5. The molecular weight excluding hydrogens is 615 g/mol. The first-order valence-electron chi connectivity index (χ1n) is 18.1. The third kappa shape index (κ3) is 4.34. The average Bonchev–Trinajstić information content (AvgIpc) is 3.39. The van der Waals surface area contributed by atoms with Gasteiger partial charge in [-0.3, -0.25) is 0 Å². The lowest BCUT2D eigenvalue weighted by atomic mass is 9.67. The lowest BCUT2D eigenvalue weighted by molar-refractivity contribution is 0.645. The smallest absolute Gasteiger partial charge is 0.0546 e. The van der Waals surface area contributed by atoms with Gasteiger partial charge in [-0.05, 0) is 114 Å². The monoisotopic (exact) mass is 653 g/mol. The number of benzene rings is 8. The second kappa shape index (κ2) is 10.8. The molecule has 1 nitrogen and oxygen atoms in total. The maximum absolute atomic E-state index is 2.49. The molecule has 0 fully saturated rings. The van der Waals surface area contributed by atoms with Gasteiger partial charge < -0.3 is 4.90 Å². The summed E-state index contributed by atoms with van der Waals surface area (Å²) in [6.45, 7) is 9.53. The normalized spacial score (nSPS) is 14.6. The summed E-state index contributed by atoms with van der Waals surface area (Å²) in [4.78, 5) is 2.49. The molecule has 0 unspecified atom stereocenters. The minimum atomic E-state index is -0.186. The van der Waals surface area contributed by atoms with E-state index >= 15 is 0 Å². The largest absolute Gasteiger partial charge is 0.310 e. The van der Waals surface area contributed by atoms with Crippen LogP contribution in [-0.2, 0) is 10.8 Å². The second-order valence-electron chi connectivity index (χ2n) is 15.4. The van der Waals surface area contributed by atoms with E-state index in [-0.39, 0.29) is 10.8 Å². The van der Waals surface area contributed by atoms with Crippen molar-refractivity contribution in [3.63, 3.8) is 0 Å². The first-order chi connectivity index (χ1) is 24.8. The van der Waals surface area contributed by atoms with E-state index in [9.17, 15) is 0 Å². The zero-order valence-corrected chi connectivity index (χ0v) is 29.5. The van der Waals surface area contributed by atoms with Crippen molar-refractivity contribution in [3.05, 3.63) is 186 Å². The fourth-order valence-electron chi connectivity index (χ4n) is 9.16. The van der Waals surface area contributed by atoms with E-state index in [0.717, 1.165) is 5.69 Å². The molecule has 0 saturated carbocycles. The van der Waals surface area contributed by atoms with Crippen molar-refractivity contribution in [2.45, 2.75) is 38.5 Å². The first kappa shape index (κ1) is 29.9. The predicted octanol–water partition coefficient (Wildman–Crippen LogP) is 13.7. The van der Waals surface area contributed by atoms with Crippen LogP contribution in [0.2, 0.25) is 0 Å². The Morgan fingerprint density at radius 3 is 1.84 bits per heavy atom. The standard InChI is InChI=1S/C50H39N/c1-49(2)42-19-11-10-18-39(42)40-27-25-38(31-45(40)49)51(37-16-6-5-7-17-37)46-28-24-33-15-12-20-43-47(33)48(46)41-26-23-36(30-44(41)50(43,3)4)35-22-21-32-13-8-9-14-34(32)29-35/h5-31H,1-4H3. The topological polar surface area (TPSA) is 3.24 Å². The van der Waals surface area contributed by atoms with Gasteiger partial charge in [0.1, 0.15) is 0 Å². The van der Waals surface area contributed by atoms with Crippen molar-refractivity contribution in [1.82, 2.24) is 0 Å². The molecule has 0 aliphatic heterocycles. The summed E-state index contributed by atoms with van der Waals surface area (Å²) in [6.07, 6.45) is 0. The Bertz CT molecular complexity index is 2690. The van der Waals surface area contributed by atoms with Crippen molar-refractivity contribution in [1.29, 1.82) is 0 Å². The summed E-state index contributed by atoms with van der Waals surface area (Å²) in [7, 11) is 0. The third-order valence-corrected chi connectivity index (χ3v) is 11.8. The van der Waals surface area contributed by atoms with E-state index in [1.807, 2.05) is 0 Å². The van der Waals surface area contributed by atoms with Gasteiger partial charge in [0.05, 0.1) is 5.69 Å². The van der Waals surface area contributed by atoms with Crippen molar-refractivity contribution in [2.75, 3.05) is 4.90 Å². The number of fused-ring (bicyclic) bond motifs is 6. The Kier molecular flexibility index (Phi) is 6.34. The van der Waals surface area contributed by atoms with Crippen LogP contribution >= 0.6 is 0 Å². The highest BCUT2D eigenvalue weighted by Gasteiger charge is 2.38. The van der Waals surface area contributed by atoms with Crippen LogP contribution in [0.25, 0.3) is 54.9 Å². The number of hydrogen-bond acceptors (Lipinski definition) is 1. The third-order valence-electron chi connectivity index (χ3n) is 11.8. The predicted molar refractivity (Wildman–Crippen MR) is 217 cm³/mol. The SMILES string of the molecule is CC1(C)c2ccccc2-c2ccc(N(c3ccccc3)c3ccc4cccc5c4c3-c3ccc(-c4ccc6ccccc6c4)cc3C5(C)C)cc21. The molecule has 0 aromatic heterocycles. The maximum Gasteiger partial charge on any atom is 0.0546 e. The van der Waals surface area contributed by atoms with E-state index in [0.29, 0.717) is 0 Å². The highest BCUT2D eigenvalue weighted by atomic mass is 15.1. The van der Waals surface area contributed by atoms with Gasteiger partial charge in [0.15, 0.2) is 0 Å². The lowest BCUT2D eigenvalue weighted by Gasteiger charge is -2.38. The van der Waals surface area contributed by atoms with E-state index in [4.69, 9.17) is 0 Å². The molecule has 10 rings (SSSR count). The first-order valence-corrected chi connectivity index (χ1v) is 18.1. The second-order valence-corrected chi connectivity index (χ2v) is 15.4. The molecule has 8 aromatic carbocycles. The van der Waals surface area contributed by atoms with Crippen molar-refractivity contribution in [3.8, 4) is 33.4 Å². The van der Waals surface area contributed by atoms with Gasteiger partial charge in [-0.15, -0.1) is 0 Å². The molecule has 0 amide bonds. The van der Waals surface area contributed by atoms with Gasteiger partial charge in [-0.1, -0.05) is 149 Å². The van der Waals surface area contributed by atoms with Gasteiger partial charge >= 0.3 is 0 Å². The minimum absolute atomic E-state index is 0.0924. The molecule has 0 atom stereocenters. The molecule has 0 bridgehead atoms. The van der Waals surface area contributed by atoms with E-state index in [1.54, 1.807) is 0 Å².